The summed E-state index contributed by atoms with van der Waals surface area (Å²) >= 11 is 0. The highest BCUT2D eigenvalue weighted by Gasteiger charge is 2.31. The number of nitrogens with one attached hydrogen (secondary N) is 1. The Hall–Kier alpha value is -2.29. The summed E-state index contributed by atoms with van der Waals surface area (Å²) in [6.07, 6.45) is 0. The normalized spacial score (nSPS) is 17.2. The van der Waals surface area contributed by atoms with Gasteiger partial charge in [0.1, 0.15) is 5.82 Å². The van der Waals surface area contributed by atoms with Crippen LogP contribution in [0, 0.1) is 12.7 Å². The lowest BCUT2D eigenvalue weighted by molar-refractivity contribution is -0.121. The molecule has 0 spiro atoms. The zero-order valence-corrected chi connectivity index (χ0v) is 16.7. The number of carbonyl (C=O) groups is 1. The molecule has 0 aliphatic carbocycles. The van der Waals surface area contributed by atoms with Crippen LogP contribution in [0.4, 0.5) is 10.1 Å². The van der Waals surface area contributed by atoms with Gasteiger partial charge in [0.25, 0.3) is 0 Å². The SMILES string of the molecule is Cc1ccc(S(=O)(=O)N2CCN(C(C)C(=O)Nc3ccccc3F)CC2)cc1. The van der Waals surface area contributed by atoms with Gasteiger partial charge in [-0.15, -0.1) is 0 Å². The maximum absolute atomic E-state index is 13.7. The first-order valence-corrected chi connectivity index (χ1v) is 10.6. The number of hydrogen-bond donors (Lipinski definition) is 1. The molecular formula is C20H24FN3O3S. The van der Waals surface area contributed by atoms with Crippen molar-refractivity contribution in [1.29, 1.82) is 0 Å². The predicted octanol–water partition coefficient (Wildman–Crippen LogP) is 2.47. The Labute approximate surface area is 165 Å². The Morgan fingerprint density at radius 1 is 1.04 bits per heavy atom. The van der Waals surface area contributed by atoms with Gasteiger partial charge in [-0.05, 0) is 38.1 Å². The number of hydrogen-bond acceptors (Lipinski definition) is 4. The van der Waals surface area contributed by atoms with Crippen molar-refractivity contribution in [2.45, 2.75) is 24.8 Å². The molecule has 0 radical (unpaired) electrons. The number of aryl methyl sites for hydroxylation is 1. The topological polar surface area (TPSA) is 69.7 Å². The lowest BCUT2D eigenvalue weighted by atomic mass is 10.2. The molecule has 1 unspecified atom stereocenters. The summed E-state index contributed by atoms with van der Waals surface area (Å²) < 4.78 is 40.7. The van der Waals surface area contributed by atoms with Crippen LogP contribution in [-0.4, -0.2) is 55.8 Å². The quantitative estimate of drug-likeness (QED) is 0.830. The molecule has 150 valence electrons. The first kappa shape index (κ1) is 20.4. The van der Waals surface area contributed by atoms with Crippen LogP contribution in [0.15, 0.2) is 53.4 Å². The molecule has 1 atom stereocenters. The molecule has 1 heterocycles. The van der Waals surface area contributed by atoms with Crippen LogP contribution < -0.4 is 5.32 Å². The fourth-order valence-electron chi connectivity index (χ4n) is 3.16. The van der Waals surface area contributed by atoms with Gasteiger partial charge in [0.05, 0.1) is 16.6 Å². The van der Waals surface area contributed by atoms with Crippen molar-refractivity contribution in [2.75, 3.05) is 31.5 Å². The van der Waals surface area contributed by atoms with Gasteiger partial charge in [-0.25, -0.2) is 12.8 Å². The number of para-hydroxylation sites is 1. The summed E-state index contributed by atoms with van der Waals surface area (Å²) in [5.41, 5.74) is 1.14. The Balaban J connectivity index is 1.60. The molecule has 0 saturated carbocycles. The van der Waals surface area contributed by atoms with E-state index in [0.717, 1.165) is 5.56 Å². The number of piperazine rings is 1. The third kappa shape index (κ3) is 4.40. The maximum Gasteiger partial charge on any atom is 0.243 e. The number of amides is 1. The third-order valence-electron chi connectivity index (χ3n) is 4.99. The van der Waals surface area contributed by atoms with Gasteiger partial charge in [0.15, 0.2) is 0 Å². The van der Waals surface area contributed by atoms with E-state index in [0.29, 0.717) is 26.2 Å². The minimum atomic E-state index is -3.55. The third-order valence-corrected chi connectivity index (χ3v) is 6.90. The van der Waals surface area contributed by atoms with E-state index in [4.69, 9.17) is 0 Å². The van der Waals surface area contributed by atoms with E-state index < -0.39 is 21.9 Å². The summed E-state index contributed by atoms with van der Waals surface area (Å²) in [5, 5.41) is 2.59. The zero-order chi connectivity index (χ0) is 20.3. The molecule has 28 heavy (non-hydrogen) atoms. The number of benzene rings is 2. The van der Waals surface area contributed by atoms with Crippen molar-refractivity contribution in [1.82, 2.24) is 9.21 Å². The van der Waals surface area contributed by atoms with E-state index in [1.54, 1.807) is 43.3 Å². The van der Waals surface area contributed by atoms with Gasteiger partial charge in [-0.2, -0.15) is 4.31 Å². The highest BCUT2D eigenvalue weighted by atomic mass is 32.2. The van der Waals surface area contributed by atoms with Gasteiger partial charge in [-0.1, -0.05) is 29.8 Å². The van der Waals surface area contributed by atoms with Crippen LogP contribution in [0.5, 0.6) is 0 Å². The second-order valence-electron chi connectivity index (χ2n) is 6.90. The van der Waals surface area contributed by atoms with Gasteiger partial charge in [0.2, 0.25) is 15.9 Å². The Morgan fingerprint density at radius 3 is 2.25 bits per heavy atom. The number of anilines is 1. The monoisotopic (exact) mass is 405 g/mol. The van der Waals surface area contributed by atoms with Gasteiger partial charge < -0.3 is 5.32 Å². The summed E-state index contributed by atoms with van der Waals surface area (Å²) in [7, 11) is -3.55. The fourth-order valence-corrected chi connectivity index (χ4v) is 4.58. The summed E-state index contributed by atoms with van der Waals surface area (Å²) in [6, 6.07) is 12.3. The number of nitrogens with zero attached hydrogens (tertiary/aromatic N) is 2. The molecule has 1 amide bonds. The molecule has 1 saturated heterocycles. The van der Waals surface area contributed by atoms with Crippen molar-refractivity contribution in [3.05, 3.63) is 59.9 Å². The minimum absolute atomic E-state index is 0.139. The van der Waals surface area contributed by atoms with Crippen molar-refractivity contribution < 1.29 is 17.6 Å². The van der Waals surface area contributed by atoms with Crippen LogP contribution in [0.3, 0.4) is 0 Å². The van der Waals surface area contributed by atoms with Crippen molar-refractivity contribution >= 4 is 21.6 Å². The molecule has 1 N–H and O–H groups in total. The summed E-state index contributed by atoms with van der Waals surface area (Å²) in [6.45, 7) is 5.10. The lowest BCUT2D eigenvalue weighted by Crippen LogP contribution is -2.53. The maximum atomic E-state index is 13.7. The molecule has 2 aromatic rings. The average molecular weight is 405 g/mol. The van der Waals surface area contributed by atoms with Gasteiger partial charge in [0, 0.05) is 26.2 Å². The van der Waals surface area contributed by atoms with E-state index in [1.807, 2.05) is 11.8 Å². The highest BCUT2D eigenvalue weighted by Crippen LogP contribution is 2.20. The fraction of sp³-hybridized carbons (Fsp3) is 0.350. The number of halogens is 1. The predicted molar refractivity (Wildman–Crippen MR) is 106 cm³/mol. The number of sulfonamides is 1. The minimum Gasteiger partial charge on any atom is -0.322 e. The zero-order valence-electron chi connectivity index (χ0n) is 15.9. The first-order chi connectivity index (χ1) is 13.3. The number of carbonyl (C=O) groups excluding carboxylic acids is 1. The first-order valence-electron chi connectivity index (χ1n) is 9.15. The van der Waals surface area contributed by atoms with Gasteiger partial charge in [-0.3, -0.25) is 9.69 Å². The molecule has 2 aromatic carbocycles. The summed E-state index contributed by atoms with van der Waals surface area (Å²) in [5.74, 6) is -0.808. The van der Waals surface area contributed by atoms with E-state index in [9.17, 15) is 17.6 Å². The van der Waals surface area contributed by atoms with Gasteiger partial charge >= 0.3 is 0 Å². The molecule has 6 nitrogen and oxygen atoms in total. The molecule has 1 aliphatic rings. The van der Waals surface area contributed by atoms with Crippen molar-refractivity contribution in [3.63, 3.8) is 0 Å². The molecule has 1 fully saturated rings. The highest BCUT2D eigenvalue weighted by molar-refractivity contribution is 7.89. The van der Waals surface area contributed by atoms with E-state index in [-0.39, 0.29) is 16.5 Å². The van der Waals surface area contributed by atoms with E-state index >= 15 is 0 Å². The number of rotatable bonds is 5. The largest absolute Gasteiger partial charge is 0.322 e. The van der Waals surface area contributed by atoms with Crippen LogP contribution in [0.1, 0.15) is 12.5 Å². The van der Waals surface area contributed by atoms with E-state index in [1.165, 1.54) is 16.4 Å². The van der Waals surface area contributed by atoms with Crippen LogP contribution in [-0.2, 0) is 14.8 Å². The van der Waals surface area contributed by atoms with E-state index in [2.05, 4.69) is 5.32 Å². The standard InChI is InChI=1S/C20H24FN3O3S/c1-15-7-9-17(10-8-15)28(26,27)24-13-11-23(12-14-24)16(2)20(25)22-19-6-4-3-5-18(19)21/h3-10,16H,11-14H2,1-2H3,(H,22,25). The second kappa shape index (κ2) is 8.38. The molecule has 1 aliphatic heterocycles. The average Bonchev–Trinajstić information content (AvgIpc) is 2.69. The molecular weight excluding hydrogens is 381 g/mol. The van der Waals surface area contributed by atoms with Crippen LogP contribution in [0.25, 0.3) is 0 Å². The van der Waals surface area contributed by atoms with Crippen molar-refractivity contribution in [2.24, 2.45) is 0 Å². The Kier molecular flexibility index (Phi) is 6.12. The lowest BCUT2D eigenvalue weighted by Gasteiger charge is -2.36. The Morgan fingerprint density at radius 2 is 1.64 bits per heavy atom. The molecule has 0 bridgehead atoms. The molecule has 0 aromatic heterocycles. The molecule has 8 heteroatoms. The van der Waals surface area contributed by atoms with Crippen LogP contribution >= 0.6 is 0 Å². The summed E-state index contributed by atoms with van der Waals surface area (Å²) in [4.78, 5) is 14.6. The smallest absolute Gasteiger partial charge is 0.243 e. The second-order valence-corrected chi connectivity index (χ2v) is 8.84. The molecule has 3 rings (SSSR count). The Bertz CT molecular complexity index is 939. The van der Waals surface area contributed by atoms with Crippen LogP contribution in [0.2, 0.25) is 0 Å². The van der Waals surface area contributed by atoms with Crippen molar-refractivity contribution in [3.8, 4) is 0 Å².